The van der Waals surface area contributed by atoms with Crippen molar-refractivity contribution in [3.05, 3.63) is 52.3 Å². The largest absolute Gasteiger partial charge is 0.490 e. The highest BCUT2D eigenvalue weighted by Crippen LogP contribution is 2.35. The Balaban J connectivity index is 1.48. The van der Waals surface area contributed by atoms with Gasteiger partial charge in [-0.2, -0.15) is 0 Å². The monoisotopic (exact) mass is 457 g/mol. The molecule has 1 fully saturated rings. The molecule has 2 aromatic carbocycles. The van der Waals surface area contributed by atoms with Crippen molar-refractivity contribution in [1.29, 1.82) is 0 Å². The van der Waals surface area contributed by atoms with E-state index >= 15 is 0 Å². The first-order valence-corrected chi connectivity index (χ1v) is 9.85. The topological polar surface area (TPSA) is 94.1 Å². The van der Waals surface area contributed by atoms with Gasteiger partial charge in [0.05, 0.1) is 12.2 Å². The third kappa shape index (κ3) is 4.10. The van der Waals surface area contributed by atoms with Crippen LogP contribution in [0.2, 0.25) is 5.02 Å². The minimum Gasteiger partial charge on any atom is -0.490 e. The normalized spacial score (nSPS) is 23.1. The first kappa shape index (κ1) is 21.5. The number of ether oxygens (including phenoxy) is 1. The van der Waals surface area contributed by atoms with Gasteiger partial charge in [-0.25, -0.2) is 18.0 Å². The van der Waals surface area contributed by atoms with E-state index in [1.807, 2.05) is 0 Å². The molecule has 0 aromatic heterocycles. The fraction of sp³-hybridized carbons (Fsp3) is 0.350. The van der Waals surface area contributed by atoms with Crippen molar-refractivity contribution in [2.24, 2.45) is 0 Å². The van der Waals surface area contributed by atoms with Gasteiger partial charge < -0.3 is 30.5 Å². The van der Waals surface area contributed by atoms with Gasteiger partial charge in [-0.1, -0.05) is 11.6 Å². The first-order chi connectivity index (χ1) is 14.7. The third-order valence-corrected chi connectivity index (χ3v) is 5.71. The number of anilines is 2. The minimum atomic E-state index is -1.71. The van der Waals surface area contributed by atoms with E-state index in [-0.39, 0.29) is 54.8 Å². The molecule has 0 spiro atoms. The number of nitrogens with one attached hydrogen (secondary N) is 2. The van der Waals surface area contributed by atoms with Gasteiger partial charge >= 0.3 is 6.03 Å². The molecule has 11 heteroatoms. The molecule has 0 radical (unpaired) electrons. The molecule has 2 aliphatic heterocycles. The summed E-state index contributed by atoms with van der Waals surface area (Å²) in [6.07, 6.45) is -1.43. The molecular formula is C20H19ClF3N3O4. The zero-order valence-electron chi connectivity index (χ0n) is 16.1. The zero-order valence-corrected chi connectivity index (χ0v) is 16.8. The van der Waals surface area contributed by atoms with Crippen molar-refractivity contribution in [2.45, 2.75) is 24.7 Å². The number of urea groups is 1. The first-order valence-electron chi connectivity index (χ1n) is 9.47. The Morgan fingerprint density at radius 1 is 1.23 bits per heavy atom. The van der Waals surface area contributed by atoms with Gasteiger partial charge in [-0.15, -0.1) is 0 Å². The van der Waals surface area contributed by atoms with Crippen LogP contribution < -0.4 is 20.3 Å². The van der Waals surface area contributed by atoms with E-state index in [0.717, 1.165) is 18.2 Å². The summed E-state index contributed by atoms with van der Waals surface area (Å²) in [5, 5.41) is 26.2. The predicted octanol–water partition coefficient (Wildman–Crippen LogP) is 2.77. The average molecular weight is 458 g/mol. The SMILES string of the molecule is O=C1NCc2c(OC[C@]3(O)CCN(c4c(F)cc(Cl)cc4F)C[C@H]3O)ccc(F)c2N1. The molecular weight excluding hydrogens is 439 g/mol. The average Bonchev–Trinajstić information content (AvgIpc) is 2.70. The number of fused-ring (bicyclic) bond motifs is 1. The number of benzene rings is 2. The van der Waals surface area contributed by atoms with E-state index < -0.39 is 35.2 Å². The second-order valence-electron chi connectivity index (χ2n) is 7.53. The van der Waals surface area contributed by atoms with Crippen molar-refractivity contribution in [3.8, 4) is 5.75 Å². The summed E-state index contributed by atoms with van der Waals surface area (Å²) >= 11 is 5.65. The Morgan fingerprint density at radius 2 is 1.94 bits per heavy atom. The number of aliphatic hydroxyl groups excluding tert-OH is 1. The summed E-state index contributed by atoms with van der Waals surface area (Å²) in [7, 11) is 0. The van der Waals surface area contributed by atoms with E-state index in [1.54, 1.807) is 0 Å². The van der Waals surface area contributed by atoms with Gasteiger partial charge in [0.1, 0.15) is 35.6 Å². The molecule has 2 aromatic rings. The van der Waals surface area contributed by atoms with Crippen LogP contribution in [0.1, 0.15) is 12.0 Å². The third-order valence-electron chi connectivity index (χ3n) is 5.49. The van der Waals surface area contributed by atoms with E-state index in [0.29, 0.717) is 5.56 Å². The number of β-amino-alcohol motifs (C(OH)–C–C–N with tert-alkyl or cyclic N) is 1. The van der Waals surface area contributed by atoms with Gasteiger partial charge in [-0.05, 0) is 30.7 Å². The molecule has 2 atom stereocenters. The Kier molecular flexibility index (Phi) is 5.63. The molecule has 2 aliphatic rings. The van der Waals surface area contributed by atoms with Gasteiger partial charge in [0, 0.05) is 23.7 Å². The van der Waals surface area contributed by atoms with Crippen molar-refractivity contribution in [3.63, 3.8) is 0 Å². The van der Waals surface area contributed by atoms with E-state index in [2.05, 4.69) is 10.6 Å². The summed E-state index contributed by atoms with van der Waals surface area (Å²) in [4.78, 5) is 12.7. The van der Waals surface area contributed by atoms with Crippen LogP contribution in [0.5, 0.6) is 5.75 Å². The second-order valence-corrected chi connectivity index (χ2v) is 7.97. The number of rotatable bonds is 4. The standard InChI is InChI=1S/C20H19ClF3N3O4/c21-10-5-13(23)18(14(24)6-10)27-4-3-20(30,16(28)8-27)9-31-15-2-1-12(22)17-11(15)7-25-19(29)26-17/h1-2,5-6,16,28,30H,3-4,7-9H2,(H2,25,26,29)/t16-,20-/m1/s1. The summed E-state index contributed by atoms with van der Waals surface area (Å²) < 4.78 is 48.1. The lowest BCUT2D eigenvalue weighted by atomic mass is 9.89. The number of carbonyl (C=O) groups is 1. The van der Waals surface area contributed by atoms with E-state index in [4.69, 9.17) is 16.3 Å². The van der Waals surface area contributed by atoms with Crippen LogP contribution in [-0.4, -0.2) is 47.6 Å². The van der Waals surface area contributed by atoms with Crippen LogP contribution in [0.25, 0.3) is 0 Å². The molecule has 166 valence electrons. The molecule has 7 nitrogen and oxygen atoms in total. The Morgan fingerprint density at radius 3 is 2.61 bits per heavy atom. The van der Waals surface area contributed by atoms with Crippen LogP contribution in [-0.2, 0) is 6.54 Å². The lowest BCUT2D eigenvalue weighted by molar-refractivity contribution is -0.109. The van der Waals surface area contributed by atoms with E-state index in [1.165, 1.54) is 11.0 Å². The van der Waals surface area contributed by atoms with Crippen LogP contribution in [0, 0.1) is 17.5 Å². The number of hydrogen-bond acceptors (Lipinski definition) is 5. The summed E-state index contributed by atoms with van der Waals surface area (Å²) in [5.41, 5.74) is -1.69. The number of piperidine rings is 1. The maximum Gasteiger partial charge on any atom is 0.319 e. The van der Waals surface area contributed by atoms with Crippen molar-refractivity contribution < 1.29 is 32.9 Å². The van der Waals surface area contributed by atoms with Crippen LogP contribution >= 0.6 is 11.6 Å². The summed E-state index contributed by atoms with van der Waals surface area (Å²) in [5.74, 6) is -2.14. The van der Waals surface area contributed by atoms with Crippen LogP contribution in [0.15, 0.2) is 24.3 Å². The van der Waals surface area contributed by atoms with Crippen LogP contribution in [0.4, 0.5) is 29.3 Å². The molecule has 2 amide bonds. The summed E-state index contributed by atoms with van der Waals surface area (Å²) in [6.45, 7) is -0.516. The number of carbonyl (C=O) groups excluding carboxylic acids is 1. The van der Waals surface area contributed by atoms with Crippen molar-refractivity contribution >= 4 is 29.0 Å². The Labute approximate surface area is 180 Å². The smallest absolute Gasteiger partial charge is 0.319 e. The molecule has 4 rings (SSSR count). The number of aliphatic hydroxyl groups is 2. The van der Waals surface area contributed by atoms with Gasteiger partial charge in [0.25, 0.3) is 0 Å². The molecule has 0 aliphatic carbocycles. The zero-order chi connectivity index (χ0) is 22.3. The maximum atomic E-state index is 14.2. The highest BCUT2D eigenvalue weighted by molar-refractivity contribution is 6.30. The number of nitrogens with zero attached hydrogens (tertiary/aromatic N) is 1. The number of hydrogen-bond donors (Lipinski definition) is 4. The minimum absolute atomic E-state index is 0.0164. The molecule has 1 saturated heterocycles. The lowest BCUT2D eigenvalue weighted by Crippen LogP contribution is -2.58. The molecule has 0 saturated carbocycles. The van der Waals surface area contributed by atoms with Crippen molar-refractivity contribution in [1.82, 2.24) is 5.32 Å². The van der Waals surface area contributed by atoms with E-state index in [9.17, 15) is 28.2 Å². The molecule has 2 heterocycles. The summed E-state index contributed by atoms with van der Waals surface area (Å²) in [6, 6.07) is 3.87. The molecule has 4 N–H and O–H groups in total. The highest BCUT2D eigenvalue weighted by Gasteiger charge is 2.43. The Bertz CT molecular complexity index is 1020. The quantitative estimate of drug-likeness (QED) is 0.566. The lowest BCUT2D eigenvalue weighted by Gasteiger charge is -2.42. The Hall–Kier alpha value is -2.69. The highest BCUT2D eigenvalue weighted by atomic mass is 35.5. The fourth-order valence-corrected chi connectivity index (χ4v) is 3.94. The molecule has 0 unspecified atom stereocenters. The van der Waals surface area contributed by atoms with Crippen molar-refractivity contribution in [2.75, 3.05) is 29.9 Å². The molecule has 31 heavy (non-hydrogen) atoms. The van der Waals surface area contributed by atoms with Gasteiger partial charge in [0.15, 0.2) is 11.6 Å². The second kappa shape index (κ2) is 8.10. The van der Waals surface area contributed by atoms with Gasteiger partial charge in [-0.3, -0.25) is 0 Å². The maximum absolute atomic E-state index is 14.2. The fourth-order valence-electron chi connectivity index (χ4n) is 3.75. The van der Waals surface area contributed by atoms with Crippen LogP contribution in [0.3, 0.4) is 0 Å². The number of amides is 2. The predicted molar refractivity (Wildman–Crippen MR) is 107 cm³/mol. The number of halogens is 4. The van der Waals surface area contributed by atoms with Gasteiger partial charge in [0.2, 0.25) is 0 Å². The molecule has 0 bridgehead atoms.